The quantitative estimate of drug-likeness (QED) is 0.733. The number of nitrogens with one attached hydrogen (secondary N) is 1. The lowest BCUT2D eigenvalue weighted by atomic mass is 9.97. The standard InChI is InChI=1S/C20H22N4/c1-14-8-15(2)19(16(3)9-14)6-7-22-11-18-12-23-20-5-4-17(10-21)13-24(18)20/h4-5,8-9,12-13,22H,6-7,11H2,1-3H3. The number of aromatic nitrogens is 2. The Kier molecular flexibility index (Phi) is 4.64. The van der Waals surface area contributed by atoms with Crippen LogP contribution in [-0.4, -0.2) is 15.9 Å². The summed E-state index contributed by atoms with van der Waals surface area (Å²) in [5, 5.41) is 12.5. The highest BCUT2D eigenvalue weighted by atomic mass is 15.0. The summed E-state index contributed by atoms with van der Waals surface area (Å²) >= 11 is 0. The summed E-state index contributed by atoms with van der Waals surface area (Å²) in [6.45, 7) is 8.16. The number of hydrogen-bond donors (Lipinski definition) is 1. The van der Waals surface area contributed by atoms with Gasteiger partial charge in [-0.2, -0.15) is 5.26 Å². The van der Waals surface area contributed by atoms with Crippen molar-refractivity contribution in [3.8, 4) is 6.07 Å². The molecule has 0 aliphatic carbocycles. The van der Waals surface area contributed by atoms with E-state index in [9.17, 15) is 0 Å². The maximum absolute atomic E-state index is 9.04. The van der Waals surface area contributed by atoms with E-state index in [-0.39, 0.29) is 0 Å². The molecule has 0 spiro atoms. The van der Waals surface area contributed by atoms with Crippen molar-refractivity contribution in [2.75, 3.05) is 6.54 Å². The molecule has 0 saturated carbocycles. The molecule has 1 aromatic carbocycles. The second-order valence-electron chi connectivity index (χ2n) is 6.31. The van der Waals surface area contributed by atoms with Gasteiger partial charge >= 0.3 is 0 Å². The predicted octanol–water partition coefficient (Wildman–Crippen LogP) is 3.46. The monoisotopic (exact) mass is 318 g/mol. The second-order valence-corrected chi connectivity index (χ2v) is 6.31. The molecule has 0 aliphatic heterocycles. The first-order valence-electron chi connectivity index (χ1n) is 8.22. The Labute approximate surface area is 142 Å². The van der Waals surface area contributed by atoms with E-state index in [0.29, 0.717) is 5.56 Å². The number of aryl methyl sites for hydroxylation is 3. The van der Waals surface area contributed by atoms with E-state index in [1.807, 2.05) is 22.9 Å². The van der Waals surface area contributed by atoms with E-state index < -0.39 is 0 Å². The van der Waals surface area contributed by atoms with Gasteiger partial charge in [-0.05, 0) is 62.6 Å². The fourth-order valence-electron chi connectivity index (χ4n) is 3.26. The summed E-state index contributed by atoms with van der Waals surface area (Å²) in [5.74, 6) is 0. The molecule has 4 nitrogen and oxygen atoms in total. The maximum Gasteiger partial charge on any atom is 0.137 e. The van der Waals surface area contributed by atoms with Crippen LogP contribution in [0.3, 0.4) is 0 Å². The Morgan fingerprint density at radius 1 is 1.17 bits per heavy atom. The van der Waals surface area contributed by atoms with Crippen molar-refractivity contribution >= 4 is 5.65 Å². The molecule has 1 N–H and O–H groups in total. The van der Waals surface area contributed by atoms with Crippen molar-refractivity contribution in [3.63, 3.8) is 0 Å². The lowest BCUT2D eigenvalue weighted by Crippen LogP contribution is -2.18. The Morgan fingerprint density at radius 3 is 2.62 bits per heavy atom. The zero-order valence-corrected chi connectivity index (χ0v) is 14.4. The van der Waals surface area contributed by atoms with Gasteiger partial charge in [0, 0.05) is 12.7 Å². The van der Waals surface area contributed by atoms with Crippen LogP contribution in [0.15, 0.2) is 36.7 Å². The van der Waals surface area contributed by atoms with E-state index in [0.717, 1.165) is 30.9 Å². The van der Waals surface area contributed by atoms with Gasteiger partial charge in [-0.15, -0.1) is 0 Å². The van der Waals surface area contributed by atoms with Gasteiger partial charge in [-0.3, -0.25) is 0 Å². The molecule has 2 aromatic heterocycles. The molecule has 0 aliphatic rings. The van der Waals surface area contributed by atoms with E-state index >= 15 is 0 Å². The Bertz CT molecular complexity index is 892. The molecule has 0 bridgehead atoms. The SMILES string of the molecule is Cc1cc(C)c(CCNCc2cnc3ccc(C#N)cn23)c(C)c1. The first-order valence-corrected chi connectivity index (χ1v) is 8.22. The van der Waals surface area contributed by atoms with Gasteiger partial charge in [0.15, 0.2) is 0 Å². The summed E-state index contributed by atoms with van der Waals surface area (Å²) in [5.41, 5.74) is 8.06. The summed E-state index contributed by atoms with van der Waals surface area (Å²) in [7, 11) is 0. The molecule has 3 aromatic rings. The minimum absolute atomic E-state index is 0.646. The van der Waals surface area contributed by atoms with Crippen LogP contribution in [0.2, 0.25) is 0 Å². The molecule has 122 valence electrons. The number of imidazole rings is 1. The number of pyridine rings is 1. The van der Waals surface area contributed by atoms with Crippen molar-refractivity contribution in [1.29, 1.82) is 5.26 Å². The van der Waals surface area contributed by atoms with E-state index in [1.54, 1.807) is 6.07 Å². The highest BCUT2D eigenvalue weighted by Gasteiger charge is 2.06. The average Bonchev–Trinajstić information content (AvgIpc) is 2.95. The fraction of sp³-hybridized carbons (Fsp3) is 0.300. The minimum Gasteiger partial charge on any atom is -0.311 e. The largest absolute Gasteiger partial charge is 0.311 e. The predicted molar refractivity (Wildman–Crippen MR) is 96.0 cm³/mol. The second kappa shape index (κ2) is 6.86. The zero-order chi connectivity index (χ0) is 17.1. The molecule has 0 amide bonds. The molecule has 4 heteroatoms. The van der Waals surface area contributed by atoms with Crippen LogP contribution in [-0.2, 0) is 13.0 Å². The molecular weight excluding hydrogens is 296 g/mol. The van der Waals surface area contributed by atoms with Crippen LogP contribution >= 0.6 is 0 Å². The van der Waals surface area contributed by atoms with Gasteiger partial charge in [0.05, 0.1) is 17.5 Å². The molecule has 0 radical (unpaired) electrons. The van der Waals surface area contributed by atoms with Crippen LogP contribution in [0.5, 0.6) is 0 Å². The van der Waals surface area contributed by atoms with Gasteiger partial charge in [0.1, 0.15) is 11.7 Å². The van der Waals surface area contributed by atoms with Gasteiger partial charge in [0.2, 0.25) is 0 Å². The highest BCUT2D eigenvalue weighted by molar-refractivity contribution is 5.44. The third-order valence-corrected chi connectivity index (χ3v) is 4.41. The van der Waals surface area contributed by atoms with Crippen molar-refractivity contribution in [2.45, 2.75) is 33.7 Å². The Balaban J connectivity index is 1.64. The average molecular weight is 318 g/mol. The number of fused-ring (bicyclic) bond motifs is 1. The van der Waals surface area contributed by atoms with E-state index in [2.05, 4.69) is 49.3 Å². The number of nitrogens with zero attached hydrogens (tertiary/aromatic N) is 3. The van der Waals surface area contributed by atoms with Crippen molar-refractivity contribution in [2.24, 2.45) is 0 Å². The van der Waals surface area contributed by atoms with Gasteiger partial charge < -0.3 is 9.72 Å². The number of benzene rings is 1. The third kappa shape index (κ3) is 3.32. The first-order chi connectivity index (χ1) is 11.6. The van der Waals surface area contributed by atoms with Gasteiger partial charge in [-0.25, -0.2) is 4.98 Å². The van der Waals surface area contributed by atoms with Crippen LogP contribution in [0.25, 0.3) is 5.65 Å². The van der Waals surface area contributed by atoms with Gasteiger partial charge in [0.25, 0.3) is 0 Å². The van der Waals surface area contributed by atoms with E-state index in [4.69, 9.17) is 5.26 Å². The van der Waals surface area contributed by atoms with Gasteiger partial charge in [-0.1, -0.05) is 17.7 Å². The lowest BCUT2D eigenvalue weighted by molar-refractivity contribution is 0.668. The summed E-state index contributed by atoms with van der Waals surface area (Å²) in [4.78, 5) is 4.38. The van der Waals surface area contributed by atoms with Crippen LogP contribution in [0.4, 0.5) is 0 Å². The normalized spacial score (nSPS) is 10.9. The number of hydrogen-bond acceptors (Lipinski definition) is 3. The fourth-order valence-corrected chi connectivity index (χ4v) is 3.26. The molecule has 0 fully saturated rings. The topological polar surface area (TPSA) is 53.1 Å². The minimum atomic E-state index is 0.646. The summed E-state index contributed by atoms with van der Waals surface area (Å²) < 4.78 is 1.98. The smallest absolute Gasteiger partial charge is 0.137 e. The van der Waals surface area contributed by atoms with Crippen molar-refractivity contribution < 1.29 is 0 Å². The summed E-state index contributed by atoms with van der Waals surface area (Å²) in [6.07, 6.45) is 4.72. The van der Waals surface area contributed by atoms with Crippen LogP contribution in [0.1, 0.15) is 33.5 Å². The zero-order valence-electron chi connectivity index (χ0n) is 14.4. The third-order valence-electron chi connectivity index (χ3n) is 4.41. The molecule has 0 saturated heterocycles. The molecular formula is C20H22N4. The highest BCUT2D eigenvalue weighted by Crippen LogP contribution is 2.16. The van der Waals surface area contributed by atoms with Crippen molar-refractivity contribution in [3.05, 3.63) is 70.2 Å². The molecule has 3 rings (SSSR count). The molecule has 0 unspecified atom stereocenters. The Morgan fingerprint density at radius 2 is 1.92 bits per heavy atom. The van der Waals surface area contributed by atoms with Crippen LogP contribution in [0, 0.1) is 32.1 Å². The maximum atomic E-state index is 9.04. The molecule has 2 heterocycles. The molecule has 0 atom stereocenters. The van der Waals surface area contributed by atoms with E-state index in [1.165, 1.54) is 22.3 Å². The first kappa shape index (κ1) is 16.2. The van der Waals surface area contributed by atoms with Crippen molar-refractivity contribution in [1.82, 2.24) is 14.7 Å². The molecule has 24 heavy (non-hydrogen) atoms. The van der Waals surface area contributed by atoms with Crippen LogP contribution < -0.4 is 5.32 Å². The lowest BCUT2D eigenvalue weighted by Gasteiger charge is -2.12. The number of nitriles is 1. The summed E-state index contributed by atoms with van der Waals surface area (Å²) in [6, 6.07) is 10.3. The number of rotatable bonds is 5. The Hall–Kier alpha value is -2.64.